The fraction of sp³-hybridized carbons (Fsp3) is 0.0714. The number of carbonyl (C=O) groups excluding carboxylic acids is 1. The molecular weight excluding hydrogens is 327 g/mol. The third-order valence-corrected chi connectivity index (χ3v) is 4.88. The predicted molar refractivity (Wildman–Crippen MR) is 82.1 cm³/mol. The normalized spacial score (nSPS) is 11.4. The van der Waals surface area contributed by atoms with E-state index in [1.165, 1.54) is 30.3 Å². The summed E-state index contributed by atoms with van der Waals surface area (Å²) in [6.45, 7) is -4.44. The summed E-state index contributed by atoms with van der Waals surface area (Å²) in [6.07, 6.45) is -0.0629. The average molecular weight is 340 g/mol. The van der Waals surface area contributed by atoms with E-state index in [1.54, 1.807) is 12.1 Å². The van der Waals surface area contributed by atoms with Crippen molar-refractivity contribution >= 4 is 24.0 Å². The van der Waals surface area contributed by atoms with E-state index in [2.05, 4.69) is 0 Å². The van der Waals surface area contributed by atoms with Crippen LogP contribution in [0.2, 0.25) is 0 Å². The summed E-state index contributed by atoms with van der Waals surface area (Å²) >= 11 is 0.229. The van der Waals surface area contributed by atoms with Crippen LogP contribution in [0.4, 0.5) is 0 Å². The number of rotatable bonds is 5. The van der Waals surface area contributed by atoms with Gasteiger partial charge in [0.25, 0.3) is 0 Å². The minimum absolute atomic E-state index is 0.0251. The van der Waals surface area contributed by atoms with Gasteiger partial charge >= 0.3 is 6.80 Å². The molecule has 0 aromatic heterocycles. The van der Waals surface area contributed by atoms with Crippen molar-refractivity contribution in [1.29, 1.82) is 0 Å². The summed E-state index contributed by atoms with van der Waals surface area (Å²) in [7, 11) is 0. The van der Waals surface area contributed by atoms with Crippen molar-refractivity contribution in [2.45, 2.75) is 11.3 Å². The van der Waals surface area contributed by atoms with Gasteiger partial charge in [0, 0.05) is 11.3 Å². The van der Waals surface area contributed by atoms with E-state index in [1.807, 2.05) is 0 Å². The monoisotopic (exact) mass is 340 g/mol. The highest BCUT2D eigenvalue weighted by Gasteiger charge is 2.23. The van der Waals surface area contributed by atoms with E-state index >= 15 is 0 Å². The van der Waals surface area contributed by atoms with Crippen molar-refractivity contribution in [3.63, 3.8) is 0 Å². The van der Waals surface area contributed by atoms with E-state index in [0.29, 0.717) is 5.56 Å². The molecule has 0 unspecified atom stereocenters. The summed E-state index contributed by atoms with van der Waals surface area (Å²) in [6, 6.07) is 10.0. The highest BCUT2D eigenvalue weighted by molar-refractivity contribution is 8.54. The highest BCUT2D eigenvalue weighted by Crippen LogP contribution is 2.56. The minimum Gasteiger partial charge on any atom is -0.508 e. The average Bonchev–Trinajstić information content (AvgIpc) is 2.39. The van der Waals surface area contributed by atoms with Crippen LogP contribution in [0, 0.1) is 0 Å². The van der Waals surface area contributed by atoms with Crippen LogP contribution in [0.3, 0.4) is 0 Å². The first-order valence-corrected chi connectivity index (χ1v) is 9.18. The number of hydrogen-bond acceptors (Lipinski definition) is 5. The number of phenols is 2. The number of Topliss-reactive ketones (excluding diaryl/α,β-unsaturated/α-hetero) is 1. The number of hydrogen-bond donors (Lipinski definition) is 4. The Balaban J connectivity index is 2.32. The van der Waals surface area contributed by atoms with E-state index in [4.69, 9.17) is 9.79 Å². The third kappa shape index (κ3) is 4.35. The second-order valence-corrected chi connectivity index (χ2v) is 8.08. The number of aromatic hydroxyl groups is 2. The van der Waals surface area contributed by atoms with Crippen LogP contribution in [-0.2, 0) is 11.0 Å². The van der Waals surface area contributed by atoms with Crippen molar-refractivity contribution in [3.05, 3.63) is 53.6 Å². The Morgan fingerprint density at radius 1 is 1.05 bits per heavy atom. The fourth-order valence-corrected chi connectivity index (χ4v) is 3.82. The van der Waals surface area contributed by atoms with Gasteiger partial charge in [-0.1, -0.05) is 18.2 Å². The van der Waals surface area contributed by atoms with Gasteiger partial charge in [-0.3, -0.25) is 4.79 Å². The molecule has 0 aliphatic carbocycles. The fourth-order valence-electron chi connectivity index (χ4n) is 1.89. The smallest absolute Gasteiger partial charge is 0.388 e. The Hall–Kier alpha value is -1.79. The first kappa shape index (κ1) is 16.6. The van der Waals surface area contributed by atoms with Crippen molar-refractivity contribution in [2.24, 2.45) is 0 Å². The SMILES string of the molecule is O=C(Cc1ccc(O)cc1)c1c(O)cccc1SP(=O)(O)O. The molecule has 8 heteroatoms. The van der Waals surface area contributed by atoms with Gasteiger partial charge in [-0.25, -0.2) is 4.57 Å². The van der Waals surface area contributed by atoms with E-state index in [0.717, 1.165) is 0 Å². The first-order chi connectivity index (χ1) is 10.3. The lowest BCUT2D eigenvalue weighted by Gasteiger charge is -2.11. The lowest BCUT2D eigenvalue weighted by Crippen LogP contribution is -2.05. The molecule has 4 N–H and O–H groups in total. The number of phenolic OH excluding ortho intramolecular Hbond substituents is 2. The maximum atomic E-state index is 12.3. The summed E-state index contributed by atoms with van der Waals surface area (Å²) in [4.78, 5) is 30.4. The summed E-state index contributed by atoms with van der Waals surface area (Å²) in [5.41, 5.74) is 0.488. The predicted octanol–water partition coefficient (Wildman–Crippen LogP) is 2.71. The maximum Gasteiger partial charge on any atom is 0.388 e. The molecule has 22 heavy (non-hydrogen) atoms. The molecule has 2 rings (SSSR count). The summed E-state index contributed by atoms with van der Waals surface area (Å²) < 4.78 is 11.1. The van der Waals surface area contributed by atoms with Gasteiger partial charge in [0.1, 0.15) is 11.5 Å². The molecule has 0 aliphatic heterocycles. The van der Waals surface area contributed by atoms with Crippen LogP contribution in [0.25, 0.3) is 0 Å². The van der Waals surface area contributed by atoms with Crippen LogP contribution in [0.15, 0.2) is 47.4 Å². The zero-order valence-corrected chi connectivity index (χ0v) is 12.9. The molecule has 0 atom stereocenters. The van der Waals surface area contributed by atoms with E-state index < -0.39 is 12.6 Å². The van der Waals surface area contributed by atoms with Gasteiger partial charge < -0.3 is 20.0 Å². The lowest BCUT2D eigenvalue weighted by molar-refractivity contribution is 0.0987. The van der Waals surface area contributed by atoms with Crippen LogP contribution >= 0.6 is 18.2 Å². The van der Waals surface area contributed by atoms with Crippen molar-refractivity contribution in [2.75, 3.05) is 0 Å². The second kappa shape index (κ2) is 6.54. The van der Waals surface area contributed by atoms with E-state index in [-0.39, 0.29) is 39.8 Å². The van der Waals surface area contributed by atoms with Gasteiger partial charge in [0.05, 0.1) is 5.56 Å². The lowest BCUT2D eigenvalue weighted by atomic mass is 10.0. The van der Waals surface area contributed by atoms with Crippen LogP contribution in [-0.4, -0.2) is 25.8 Å². The molecule has 0 fully saturated rings. The number of ketones is 1. The van der Waals surface area contributed by atoms with Crippen LogP contribution in [0.5, 0.6) is 11.5 Å². The molecule has 0 spiro atoms. The molecule has 0 amide bonds. The first-order valence-electron chi connectivity index (χ1n) is 6.14. The quantitative estimate of drug-likeness (QED) is 0.488. The Morgan fingerprint density at radius 3 is 2.27 bits per heavy atom. The third-order valence-electron chi connectivity index (χ3n) is 2.80. The molecule has 0 saturated carbocycles. The van der Waals surface area contributed by atoms with Gasteiger partial charge in [0.2, 0.25) is 0 Å². The number of carbonyl (C=O) groups is 1. The van der Waals surface area contributed by atoms with Crippen molar-refractivity contribution < 1.29 is 29.4 Å². The van der Waals surface area contributed by atoms with E-state index in [9.17, 15) is 19.6 Å². The molecule has 0 radical (unpaired) electrons. The van der Waals surface area contributed by atoms with Gasteiger partial charge in [0.15, 0.2) is 5.78 Å². The Kier molecular flexibility index (Phi) is 4.93. The maximum absolute atomic E-state index is 12.3. The molecule has 116 valence electrons. The standard InChI is InChI=1S/C14H13O6PS/c15-10-6-4-9(5-7-10)8-12(17)14-11(16)2-1-3-13(14)22-21(18,19)20/h1-7,15-16H,8H2,(H2,18,19,20). The van der Waals surface area contributed by atoms with Crippen molar-refractivity contribution in [1.82, 2.24) is 0 Å². The molecule has 0 heterocycles. The highest BCUT2D eigenvalue weighted by atomic mass is 32.7. The molecule has 0 saturated heterocycles. The second-order valence-electron chi connectivity index (χ2n) is 4.50. The van der Waals surface area contributed by atoms with Crippen LogP contribution < -0.4 is 0 Å². The zero-order chi connectivity index (χ0) is 16.3. The molecule has 6 nitrogen and oxygen atoms in total. The van der Waals surface area contributed by atoms with Gasteiger partial charge in [-0.2, -0.15) is 0 Å². The molecule has 2 aromatic rings. The Bertz CT molecular complexity index is 737. The Labute approximate surface area is 130 Å². The van der Waals surface area contributed by atoms with Crippen LogP contribution in [0.1, 0.15) is 15.9 Å². The molecule has 0 bridgehead atoms. The molecule has 2 aromatic carbocycles. The zero-order valence-electron chi connectivity index (χ0n) is 11.2. The van der Waals surface area contributed by atoms with Gasteiger partial charge in [-0.05, 0) is 41.2 Å². The van der Waals surface area contributed by atoms with Gasteiger partial charge in [-0.15, -0.1) is 0 Å². The summed E-state index contributed by atoms with van der Waals surface area (Å²) in [5.74, 6) is -0.738. The topological polar surface area (TPSA) is 115 Å². The Morgan fingerprint density at radius 2 is 1.68 bits per heavy atom. The molecule has 0 aliphatic rings. The number of benzene rings is 2. The van der Waals surface area contributed by atoms with Crippen molar-refractivity contribution in [3.8, 4) is 11.5 Å². The largest absolute Gasteiger partial charge is 0.508 e. The molecular formula is C14H13O6PS. The minimum atomic E-state index is -4.44. The summed E-state index contributed by atoms with van der Waals surface area (Å²) in [5, 5.41) is 19.1.